The Labute approximate surface area is 227 Å². The van der Waals surface area contributed by atoms with Gasteiger partial charge in [-0.3, -0.25) is 4.79 Å². The van der Waals surface area contributed by atoms with Crippen LogP contribution in [-0.2, 0) is 30.2 Å². The summed E-state index contributed by atoms with van der Waals surface area (Å²) < 4.78 is 16.0. The van der Waals surface area contributed by atoms with Crippen molar-refractivity contribution in [3.8, 4) is 11.4 Å². The summed E-state index contributed by atoms with van der Waals surface area (Å²) in [6.45, 7) is 10.3. The molecule has 0 aliphatic heterocycles. The zero-order valence-corrected chi connectivity index (χ0v) is 23.2. The van der Waals surface area contributed by atoms with Gasteiger partial charge in [0.1, 0.15) is 39.7 Å². The van der Waals surface area contributed by atoms with Crippen molar-refractivity contribution in [3.63, 3.8) is 0 Å². The first-order valence-electron chi connectivity index (χ1n) is 12.7. The van der Waals surface area contributed by atoms with Crippen molar-refractivity contribution >= 4 is 29.1 Å². The molecule has 210 valence electrons. The second kappa shape index (κ2) is 12.1. The van der Waals surface area contributed by atoms with Crippen LogP contribution in [0.2, 0.25) is 0 Å². The molecule has 1 amide bonds. The van der Waals surface area contributed by atoms with Crippen LogP contribution < -0.4 is 5.32 Å². The van der Waals surface area contributed by atoms with Crippen molar-refractivity contribution in [3.05, 3.63) is 48.0 Å². The number of ether oxygens (including phenoxy) is 3. The van der Waals surface area contributed by atoms with E-state index >= 15 is 0 Å². The Morgan fingerprint density at radius 2 is 1.56 bits per heavy atom. The van der Waals surface area contributed by atoms with E-state index in [0.29, 0.717) is 23.1 Å². The highest BCUT2D eigenvalue weighted by molar-refractivity contribution is 5.82. The zero-order chi connectivity index (χ0) is 28.8. The average Bonchev–Trinajstić information content (AvgIpc) is 3.24. The Hall–Kier alpha value is -4.15. The maximum absolute atomic E-state index is 12.6. The fraction of sp³-hybridized carbons (Fsp3) is 0.464. The van der Waals surface area contributed by atoms with Crippen LogP contribution in [0.1, 0.15) is 59.9 Å². The number of hydrogen-bond donors (Lipinski definition) is 2. The number of rotatable bonds is 9. The molecule has 0 aliphatic rings. The van der Waals surface area contributed by atoms with Crippen molar-refractivity contribution < 1.29 is 33.7 Å². The first-order valence-corrected chi connectivity index (χ1v) is 12.7. The van der Waals surface area contributed by atoms with Gasteiger partial charge in [-0.15, -0.1) is 15.0 Å². The number of aromatic nitrogens is 3. The molecule has 0 radical (unpaired) electrons. The van der Waals surface area contributed by atoms with Crippen LogP contribution in [0.3, 0.4) is 0 Å². The lowest BCUT2D eigenvalue weighted by Crippen LogP contribution is -2.46. The molecule has 11 heteroatoms. The summed E-state index contributed by atoms with van der Waals surface area (Å²) >= 11 is 0. The van der Waals surface area contributed by atoms with E-state index < -0.39 is 35.3 Å². The molecule has 0 saturated carbocycles. The maximum atomic E-state index is 12.6. The number of aromatic hydroxyl groups is 1. The third-order valence-corrected chi connectivity index (χ3v) is 5.22. The van der Waals surface area contributed by atoms with Gasteiger partial charge in [-0.2, -0.15) is 0 Å². The average molecular weight is 541 g/mol. The van der Waals surface area contributed by atoms with Crippen LogP contribution in [0.15, 0.2) is 42.5 Å². The summed E-state index contributed by atoms with van der Waals surface area (Å²) in [5.74, 6) is -1.19. The molecule has 0 unspecified atom stereocenters. The Bertz CT molecular complexity index is 1290. The highest BCUT2D eigenvalue weighted by atomic mass is 16.6. The number of esters is 2. The van der Waals surface area contributed by atoms with E-state index in [1.54, 1.807) is 53.7 Å². The van der Waals surface area contributed by atoms with Crippen LogP contribution in [0, 0.1) is 0 Å². The van der Waals surface area contributed by atoms with Gasteiger partial charge in [-0.05, 0) is 77.8 Å². The maximum Gasteiger partial charge on any atom is 0.408 e. The molecule has 0 aliphatic carbocycles. The van der Waals surface area contributed by atoms with Crippen molar-refractivity contribution in [1.29, 1.82) is 0 Å². The predicted molar refractivity (Wildman–Crippen MR) is 143 cm³/mol. The first kappa shape index (κ1) is 29.4. The molecule has 1 atom stereocenters. The number of hydrogen-bond acceptors (Lipinski definition) is 9. The van der Waals surface area contributed by atoms with Gasteiger partial charge in [0.2, 0.25) is 0 Å². The van der Waals surface area contributed by atoms with Crippen LogP contribution in [-0.4, -0.2) is 62.0 Å². The lowest BCUT2D eigenvalue weighted by atomic mass is 10.1. The van der Waals surface area contributed by atoms with Gasteiger partial charge in [0.15, 0.2) is 0 Å². The molecular formula is C28H36N4O7. The molecule has 11 nitrogen and oxygen atoms in total. The minimum absolute atomic E-state index is 0.0155. The molecule has 0 bridgehead atoms. The summed E-state index contributed by atoms with van der Waals surface area (Å²) in [5, 5.41) is 21.6. The Morgan fingerprint density at radius 3 is 2.15 bits per heavy atom. The SMILES string of the molecule is CC(C)(C)OC(=O)N[C@@H](CCC(=O)OCCc1ccc(O)c(-n2nc3ccccc3n2)c1)C(=O)OC(C)(C)C. The number of alkyl carbamates (subject to hydrolysis) is 1. The van der Waals surface area contributed by atoms with Crippen LogP contribution in [0.4, 0.5) is 4.79 Å². The third kappa shape index (κ3) is 9.27. The summed E-state index contributed by atoms with van der Waals surface area (Å²) in [6, 6.07) is 11.3. The molecule has 0 fully saturated rings. The van der Waals surface area contributed by atoms with Crippen molar-refractivity contribution in [2.45, 2.75) is 78.0 Å². The molecule has 1 aromatic heterocycles. The monoisotopic (exact) mass is 540 g/mol. The fourth-order valence-corrected chi connectivity index (χ4v) is 3.54. The van der Waals surface area contributed by atoms with Gasteiger partial charge in [0.05, 0.1) is 6.61 Å². The minimum atomic E-state index is -1.08. The Kier molecular flexibility index (Phi) is 9.15. The van der Waals surface area contributed by atoms with Crippen LogP contribution >= 0.6 is 0 Å². The zero-order valence-electron chi connectivity index (χ0n) is 23.2. The van der Waals surface area contributed by atoms with E-state index in [9.17, 15) is 19.5 Å². The number of fused-ring (bicyclic) bond motifs is 1. The lowest BCUT2D eigenvalue weighted by Gasteiger charge is -2.26. The quantitative estimate of drug-likeness (QED) is 0.301. The highest BCUT2D eigenvalue weighted by Crippen LogP contribution is 2.23. The number of carbonyl (C=O) groups is 3. The van der Waals surface area contributed by atoms with Crippen molar-refractivity contribution in [1.82, 2.24) is 20.3 Å². The second-order valence-corrected chi connectivity index (χ2v) is 11.0. The largest absolute Gasteiger partial charge is 0.506 e. The van der Waals surface area contributed by atoms with Gasteiger partial charge in [-0.1, -0.05) is 18.2 Å². The molecule has 1 heterocycles. The van der Waals surface area contributed by atoms with Crippen LogP contribution in [0.5, 0.6) is 5.75 Å². The summed E-state index contributed by atoms with van der Waals surface area (Å²) in [4.78, 5) is 38.6. The molecule has 3 aromatic rings. The molecule has 2 N–H and O–H groups in total. The summed E-state index contributed by atoms with van der Waals surface area (Å²) in [7, 11) is 0. The molecule has 2 aromatic carbocycles. The highest BCUT2D eigenvalue weighted by Gasteiger charge is 2.29. The smallest absolute Gasteiger partial charge is 0.408 e. The summed E-state index contributed by atoms with van der Waals surface area (Å²) in [6.07, 6.45) is -0.542. The fourth-order valence-electron chi connectivity index (χ4n) is 3.54. The number of benzene rings is 2. The first-order chi connectivity index (χ1) is 18.2. The predicted octanol–water partition coefficient (Wildman–Crippen LogP) is 4.23. The molecule has 3 rings (SSSR count). The molecule has 0 spiro atoms. The van der Waals surface area contributed by atoms with Gasteiger partial charge in [0, 0.05) is 12.8 Å². The van der Waals surface area contributed by atoms with Crippen molar-refractivity contribution in [2.75, 3.05) is 6.61 Å². The van der Waals surface area contributed by atoms with Crippen LogP contribution in [0.25, 0.3) is 16.7 Å². The Morgan fingerprint density at radius 1 is 0.949 bits per heavy atom. The molecular weight excluding hydrogens is 504 g/mol. The van der Waals surface area contributed by atoms with Gasteiger partial charge >= 0.3 is 18.0 Å². The number of amides is 1. The van der Waals surface area contributed by atoms with E-state index in [1.807, 2.05) is 24.3 Å². The Balaban J connectivity index is 1.56. The van der Waals surface area contributed by atoms with E-state index in [2.05, 4.69) is 15.5 Å². The van der Waals surface area contributed by atoms with E-state index in [4.69, 9.17) is 14.2 Å². The van der Waals surface area contributed by atoms with E-state index in [1.165, 1.54) is 10.9 Å². The van der Waals surface area contributed by atoms with Gasteiger partial charge in [0.25, 0.3) is 0 Å². The standard InChI is InChI=1S/C28H36N4O7/c1-27(2,3)38-25(35)21(29-26(36)39-28(4,5)6)12-14-24(34)37-16-15-18-11-13-23(33)22(17-18)32-30-19-9-7-8-10-20(19)31-32/h7-11,13,17,21,33H,12,14-16H2,1-6H3,(H,29,36)/t21-/m0/s1. The number of nitrogens with one attached hydrogen (secondary N) is 1. The number of phenols is 1. The van der Waals surface area contributed by atoms with Crippen molar-refractivity contribution in [2.24, 2.45) is 0 Å². The van der Waals surface area contributed by atoms with Gasteiger partial charge in [-0.25, -0.2) is 9.59 Å². The van der Waals surface area contributed by atoms with E-state index in [-0.39, 0.29) is 25.2 Å². The molecule has 39 heavy (non-hydrogen) atoms. The summed E-state index contributed by atoms with van der Waals surface area (Å²) in [5.41, 5.74) is 1.08. The number of phenolic OH excluding ortho intramolecular Hbond substituents is 1. The van der Waals surface area contributed by atoms with E-state index in [0.717, 1.165) is 5.56 Å². The normalized spacial score (nSPS) is 12.6. The number of carbonyl (C=O) groups excluding carboxylic acids is 3. The minimum Gasteiger partial charge on any atom is -0.506 e. The third-order valence-electron chi connectivity index (χ3n) is 5.22. The number of nitrogens with zero attached hydrogens (tertiary/aromatic N) is 3. The topological polar surface area (TPSA) is 142 Å². The lowest BCUT2D eigenvalue weighted by molar-refractivity contribution is -0.158. The van der Waals surface area contributed by atoms with Gasteiger partial charge < -0.3 is 24.6 Å². The molecule has 0 saturated heterocycles. The second-order valence-electron chi connectivity index (χ2n) is 11.0.